The van der Waals surface area contributed by atoms with Crippen molar-refractivity contribution in [1.82, 2.24) is 0 Å². The zero-order valence-corrected chi connectivity index (χ0v) is 11.9. The zero-order valence-electron chi connectivity index (χ0n) is 11.9. The lowest BCUT2D eigenvalue weighted by Gasteiger charge is -2.12. The molecule has 0 saturated heterocycles. The standard InChI is InChI=1S/C18H17NO2/c1-11-6-14-9-15(10-19)21-18(14)16(7-11)12-2-3-17-13(8-12)4-5-20-17/h2-8,15H,9-10,19H2,1H3/t15-/m0/s1. The molecule has 3 heteroatoms. The highest BCUT2D eigenvalue weighted by molar-refractivity contribution is 5.85. The van der Waals surface area contributed by atoms with E-state index in [0.29, 0.717) is 6.54 Å². The monoisotopic (exact) mass is 279 g/mol. The van der Waals surface area contributed by atoms with Crippen molar-refractivity contribution in [2.24, 2.45) is 5.73 Å². The molecule has 2 N–H and O–H groups in total. The molecule has 106 valence electrons. The van der Waals surface area contributed by atoms with Gasteiger partial charge in [0.05, 0.1) is 6.26 Å². The average Bonchev–Trinajstić information content (AvgIpc) is 3.11. The Bertz CT molecular complexity index is 819. The lowest BCUT2D eigenvalue weighted by molar-refractivity contribution is 0.242. The molecule has 4 rings (SSSR count). The molecule has 1 atom stereocenters. The second-order valence-electron chi connectivity index (χ2n) is 5.65. The van der Waals surface area contributed by atoms with E-state index in [9.17, 15) is 0 Å². The molecule has 1 aliphatic heterocycles. The summed E-state index contributed by atoms with van der Waals surface area (Å²) >= 11 is 0. The van der Waals surface area contributed by atoms with E-state index in [0.717, 1.165) is 34.3 Å². The van der Waals surface area contributed by atoms with Crippen LogP contribution < -0.4 is 10.5 Å². The van der Waals surface area contributed by atoms with Crippen LogP contribution in [-0.4, -0.2) is 12.6 Å². The lowest BCUT2D eigenvalue weighted by atomic mass is 9.97. The molecule has 0 bridgehead atoms. The van der Waals surface area contributed by atoms with Crippen molar-refractivity contribution in [3.05, 3.63) is 53.8 Å². The summed E-state index contributed by atoms with van der Waals surface area (Å²) in [6, 6.07) is 12.6. The molecule has 0 amide bonds. The molecule has 21 heavy (non-hydrogen) atoms. The Morgan fingerprint density at radius 2 is 2.10 bits per heavy atom. The molecule has 0 aliphatic carbocycles. The molecule has 0 unspecified atom stereocenters. The molecule has 0 spiro atoms. The molecular formula is C18H17NO2. The summed E-state index contributed by atoms with van der Waals surface area (Å²) in [5.41, 5.74) is 11.5. The number of aryl methyl sites for hydroxylation is 1. The fraction of sp³-hybridized carbons (Fsp3) is 0.222. The Morgan fingerprint density at radius 1 is 1.19 bits per heavy atom. The minimum atomic E-state index is 0.0956. The van der Waals surface area contributed by atoms with Crippen LogP contribution in [0.5, 0.6) is 5.75 Å². The Labute approximate surface area is 123 Å². The topological polar surface area (TPSA) is 48.4 Å². The molecule has 3 nitrogen and oxygen atoms in total. The average molecular weight is 279 g/mol. The van der Waals surface area contributed by atoms with Crippen LogP contribution in [0.3, 0.4) is 0 Å². The van der Waals surface area contributed by atoms with Crippen molar-refractivity contribution < 1.29 is 9.15 Å². The number of benzene rings is 2. The Balaban J connectivity index is 1.88. The van der Waals surface area contributed by atoms with Crippen LogP contribution in [-0.2, 0) is 6.42 Å². The van der Waals surface area contributed by atoms with Crippen molar-refractivity contribution in [3.63, 3.8) is 0 Å². The van der Waals surface area contributed by atoms with Crippen LogP contribution >= 0.6 is 0 Å². The van der Waals surface area contributed by atoms with E-state index >= 15 is 0 Å². The van der Waals surface area contributed by atoms with Gasteiger partial charge in [-0.05, 0) is 47.9 Å². The van der Waals surface area contributed by atoms with Crippen LogP contribution in [0, 0.1) is 6.92 Å². The van der Waals surface area contributed by atoms with E-state index in [1.807, 2.05) is 12.1 Å². The van der Waals surface area contributed by atoms with Crippen molar-refractivity contribution >= 4 is 11.0 Å². The van der Waals surface area contributed by atoms with Gasteiger partial charge in [0, 0.05) is 23.9 Å². The highest BCUT2D eigenvalue weighted by atomic mass is 16.5. The van der Waals surface area contributed by atoms with E-state index in [1.165, 1.54) is 11.1 Å². The summed E-state index contributed by atoms with van der Waals surface area (Å²) in [4.78, 5) is 0. The third kappa shape index (κ3) is 2.01. The lowest BCUT2D eigenvalue weighted by Crippen LogP contribution is -2.24. The number of nitrogens with two attached hydrogens (primary N) is 1. The third-order valence-corrected chi connectivity index (χ3v) is 4.07. The number of rotatable bonds is 2. The van der Waals surface area contributed by atoms with E-state index in [4.69, 9.17) is 14.9 Å². The summed E-state index contributed by atoms with van der Waals surface area (Å²) in [5, 5.41) is 1.11. The first-order valence-corrected chi connectivity index (χ1v) is 7.22. The Hall–Kier alpha value is -2.26. The largest absolute Gasteiger partial charge is 0.488 e. The Kier molecular flexibility index (Phi) is 2.76. The normalized spacial score (nSPS) is 17.0. The first kappa shape index (κ1) is 12.5. The number of furan rings is 1. The summed E-state index contributed by atoms with van der Waals surface area (Å²) in [6.07, 6.45) is 2.71. The van der Waals surface area contributed by atoms with Gasteiger partial charge in [0.15, 0.2) is 0 Å². The molecule has 2 heterocycles. The van der Waals surface area contributed by atoms with Gasteiger partial charge >= 0.3 is 0 Å². The van der Waals surface area contributed by atoms with E-state index in [1.54, 1.807) is 6.26 Å². The summed E-state index contributed by atoms with van der Waals surface area (Å²) in [6.45, 7) is 2.67. The summed E-state index contributed by atoms with van der Waals surface area (Å²) in [5.74, 6) is 0.985. The maximum atomic E-state index is 6.04. The van der Waals surface area contributed by atoms with Gasteiger partial charge in [0.2, 0.25) is 0 Å². The zero-order chi connectivity index (χ0) is 14.4. The Morgan fingerprint density at radius 3 is 2.95 bits per heavy atom. The maximum absolute atomic E-state index is 6.04. The summed E-state index contributed by atoms with van der Waals surface area (Å²) < 4.78 is 11.5. The first-order chi connectivity index (χ1) is 10.2. The molecule has 0 fully saturated rings. The van der Waals surface area contributed by atoms with Crippen LogP contribution in [0.15, 0.2) is 47.1 Å². The second kappa shape index (κ2) is 4.64. The van der Waals surface area contributed by atoms with E-state index in [2.05, 4.69) is 31.2 Å². The highest BCUT2D eigenvalue weighted by Crippen LogP contribution is 2.40. The quantitative estimate of drug-likeness (QED) is 0.778. The van der Waals surface area contributed by atoms with E-state index < -0.39 is 0 Å². The van der Waals surface area contributed by atoms with Gasteiger partial charge in [0.25, 0.3) is 0 Å². The van der Waals surface area contributed by atoms with Crippen molar-refractivity contribution in [3.8, 4) is 16.9 Å². The van der Waals surface area contributed by atoms with Crippen molar-refractivity contribution in [2.45, 2.75) is 19.4 Å². The fourth-order valence-corrected chi connectivity index (χ4v) is 3.07. The first-order valence-electron chi connectivity index (χ1n) is 7.22. The minimum Gasteiger partial charge on any atom is -0.488 e. The predicted molar refractivity (Wildman–Crippen MR) is 83.6 cm³/mol. The second-order valence-corrected chi connectivity index (χ2v) is 5.65. The number of fused-ring (bicyclic) bond motifs is 2. The smallest absolute Gasteiger partial charge is 0.133 e. The summed E-state index contributed by atoms with van der Waals surface area (Å²) in [7, 11) is 0. The third-order valence-electron chi connectivity index (χ3n) is 4.07. The maximum Gasteiger partial charge on any atom is 0.133 e. The minimum absolute atomic E-state index is 0.0956. The molecule has 2 aromatic carbocycles. The van der Waals surface area contributed by atoms with Crippen LogP contribution in [0.25, 0.3) is 22.1 Å². The van der Waals surface area contributed by atoms with Gasteiger partial charge in [0.1, 0.15) is 17.4 Å². The van der Waals surface area contributed by atoms with Crippen LogP contribution in [0.2, 0.25) is 0 Å². The van der Waals surface area contributed by atoms with Gasteiger partial charge in [-0.25, -0.2) is 0 Å². The van der Waals surface area contributed by atoms with E-state index in [-0.39, 0.29) is 6.10 Å². The number of hydrogen-bond donors (Lipinski definition) is 1. The van der Waals surface area contributed by atoms with Gasteiger partial charge in [-0.2, -0.15) is 0 Å². The van der Waals surface area contributed by atoms with Crippen LogP contribution in [0.1, 0.15) is 11.1 Å². The molecule has 0 saturated carbocycles. The van der Waals surface area contributed by atoms with Gasteiger partial charge in [-0.1, -0.05) is 12.1 Å². The predicted octanol–water partition coefficient (Wildman–Crippen LogP) is 3.67. The van der Waals surface area contributed by atoms with Gasteiger partial charge < -0.3 is 14.9 Å². The highest BCUT2D eigenvalue weighted by Gasteiger charge is 2.25. The van der Waals surface area contributed by atoms with Crippen LogP contribution in [0.4, 0.5) is 0 Å². The number of hydrogen-bond acceptors (Lipinski definition) is 3. The molecule has 1 aliphatic rings. The van der Waals surface area contributed by atoms with Crippen molar-refractivity contribution in [1.29, 1.82) is 0 Å². The van der Waals surface area contributed by atoms with Gasteiger partial charge in [-0.15, -0.1) is 0 Å². The molecular weight excluding hydrogens is 262 g/mol. The molecule has 1 aromatic heterocycles. The fourth-order valence-electron chi connectivity index (χ4n) is 3.07. The molecule has 0 radical (unpaired) electrons. The SMILES string of the molecule is Cc1cc2c(c(-c3ccc4occc4c3)c1)O[C@H](CN)C2. The number of ether oxygens (including phenoxy) is 1. The molecule has 3 aromatic rings. The van der Waals surface area contributed by atoms with Crippen molar-refractivity contribution in [2.75, 3.05) is 6.54 Å². The van der Waals surface area contributed by atoms with Gasteiger partial charge in [-0.3, -0.25) is 0 Å².